The van der Waals surface area contributed by atoms with Crippen LogP contribution in [0.2, 0.25) is 0 Å². The monoisotopic (exact) mass is 330 g/mol. The summed E-state index contributed by atoms with van der Waals surface area (Å²) in [4.78, 5) is 11.8. The molecule has 128 valence electrons. The van der Waals surface area contributed by atoms with Gasteiger partial charge in [-0.2, -0.15) is 0 Å². The van der Waals surface area contributed by atoms with E-state index in [4.69, 9.17) is 4.74 Å². The molecule has 0 aliphatic rings. The van der Waals surface area contributed by atoms with Gasteiger partial charge in [-0.15, -0.1) is 0 Å². The van der Waals surface area contributed by atoms with Gasteiger partial charge in [0.2, 0.25) is 0 Å². The van der Waals surface area contributed by atoms with E-state index in [0.29, 0.717) is 25.6 Å². The number of ether oxygens (including phenoxy) is 1. The van der Waals surface area contributed by atoms with Crippen molar-refractivity contribution in [2.45, 2.75) is 26.9 Å². The fraction of sp³-hybridized carbons (Fsp3) is 0.316. The molecule has 0 unspecified atom stereocenters. The molecule has 0 aliphatic carbocycles. The third-order valence-corrected chi connectivity index (χ3v) is 3.30. The number of hydrogen-bond acceptors (Lipinski definition) is 2. The van der Waals surface area contributed by atoms with Crippen LogP contribution in [0.25, 0.3) is 0 Å². The molecular weight excluding hydrogens is 307 g/mol. The van der Waals surface area contributed by atoms with Crippen molar-refractivity contribution in [1.82, 2.24) is 10.6 Å². The normalized spacial score (nSPS) is 10.5. The molecule has 2 rings (SSSR count). The first-order valence-corrected chi connectivity index (χ1v) is 8.01. The molecule has 2 amide bonds. The van der Waals surface area contributed by atoms with Crippen molar-refractivity contribution in [3.63, 3.8) is 0 Å². The van der Waals surface area contributed by atoms with Crippen molar-refractivity contribution in [2.24, 2.45) is 5.92 Å². The van der Waals surface area contributed by atoms with Crippen LogP contribution in [0.3, 0.4) is 0 Å². The standard InChI is InChI=1S/C19H23FN2O2/c1-14(2)13-24-18-5-3-4-16(10-18)12-22-19(23)21-11-15-6-8-17(20)9-7-15/h3-10,14H,11-13H2,1-2H3,(H2,21,22,23). The number of amides is 2. The second-order valence-corrected chi connectivity index (χ2v) is 6.01. The Labute approximate surface area is 142 Å². The SMILES string of the molecule is CC(C)COc1cccc(CNC(=O)NCc2ccc(F)cc2)c1. The summed E-state index contributed by atoms with van der Waals surface area (Å²) in [6.45, 7) is 5.61. The summed E-state index contributed by atoms with van der Waals surface area (Å²) in [6.07, 6.45) is 0. The molecule has 2 aromatic rings. The molecule has 2 aromatic carbocycles. The third kappa shape index (κ3) is 6.28. The Morgan fingerprint density at radius 1 is 1.04 bits per heavy atom. The lowest BCUT2D eigenvalue weighted by molar-refractivity contribution is 0.240. The second kappa shape index (κ2) is 8.91. The summed E-state index contributed by atoms with van der Waals surface area (Å²) < 4.78 is 18.5. The van der Waals surface area contributed by atoms with Gasteiger partial charge in [-0.3, -0.25) is 0 Å². The van der Waals surface area contributed by atoms with Gasteiger partial charge in [-0.25, -0.2) is 9.18 Å². The zero-order valence-corrected chi connectivity index (χ0v) is 14.0. The van der Waals surface area contributed by atoms with Crippen molar-refractivity contribution >= 4 is 6.03 Å². The number of carbonyl (C=O) groups excluding carboxylic acids is 1. The van der Waals surface area contributed by atoms with Gasteiger partial charge < -0.3 is 15.4 Å². The number of halogens is 1. The van der Waals surface area contributed by atoms with E-state index in [-0.39, 0.29) is 11.8 Å². The Balaban J connectivity index is 1.76. The van der Waals surface area contributed by atoms with E-state index in [1.807, 2.05) is 24.3 Å². The van der Waals surface area contributed by atoms with Crippen molar-refractivity contribution in [3.05, 3.63) is 65.5 Å². The zero-order valence-electron chi connectivity index (χ0n) is 14.0. The predicted molar refractivity (Wildman–Crippen MR) is 92.3 cm³/mol. The second-order valence-electron chi connectivity index (χ2n) is 6.01. The topological polar surface area (TPSA) is 50.4 Å². The summed E-state index contributed by atoms with van der Waals surface area (Å²) in [7, 11) is 0. The number of benzene rings is 2. The Hall–Kier alpha value is -2.56. The molecule has 0 fully saturated rings. The Morgan fingerprint density at radius 3 is 2.38 bits per heavy atom. The summed E-state index contributed by atoms with van der Waals surface area (Å²) >= 11 is 0. The summed E-state index contributed by atoms with van der Waals surface area (Å²) in [6, 6.07) is 13.4. The molecule has 0 aliphatic heterocycles. The van der Waals surface area contributed by atoms with E-state index in [1.165, 1.54) is 12.1 Å². The molecule has 0 saturated heterocycles. The van der Waals surface area contributed by atoms with Crippen LogP contribution in [0.5, 0.6) is 5.75 Å². The van der Waals surface area contributed by atoms with E-state index in [9.17, 15) is 9.18 Å². The molecule has 0 heterocycles. The molecule has 0 saturated carbocycles. The van der Waals surface area contributed by atoms with E-state index in [0.717, 1.165) is 16.9 Å². The molecule has 0 spiro atoms. The van der Waals surface area contributed by atoms with Crippen LogP contribution in [0.15, 0.2) is 48.5 Å². The number of urea groups is 1. The average Bonchev–Trinajstić information content (AvgIpc) is 2.58. The minimum Gasteiger partial charge on any atom is -0.493 e. The minimum absolute atomic E-state index is 0.271. The number of carbonyl (C=O) groups is 1. The Bertz CT molecular complexity index is 657. The third-order valence-electron chi connectivity index (χ3n) is 3.30. The highest BCUT2D eigenvalue weighted by molar-refractivity contribution is 5.73. The lowest BCUT2D eigenvalue weighted by Crippen LogP contribution is -2.34. The first-order chi connectivity index (χ1) is 11.5. The van der Waals surface area contributed by atoms with E-state index < -0.39 is 0 Å². The minimum atomic E-state index is -0.289. The first kappa shape index (κ1) is 17.8. The average molecular weight is 330 g/mol. The number of rotatable bonds is 7. The van der Waals surface area contributed by atoms with Gasteiger partial charge >= 0.3 is 6.03 Å². The van der Waals surface area contributed by atoms with Gasteiger partial charge in [0, 0.05) is 13.1 Å². The molecular formula is C19H23FN2O2. The highest BCUT2D eigenvalue weighted by Gasteiger charge is 2.03. The fourth-order valence-electron chi connectivity index (χ4n) is 2.04. The van der Waals surface area contributed by atoms with Crippen LogP contribution < -0.4 is 15.4 Å². The molecule has 0 bridgehead atoms. The van der Waals surface area contributed by atoms with Gasteiger partial charge in [0.15, 0.2) is 0 Å². The number of hydrogen-bond donors (Lipinski definition) is 2. The maximum Gasteiger partial charge on any atom is 0.315 e. The first-order valence-electron chi connectivity index (χ1n) is 8.01. The Kier molecular flexibility index (Phi) is 6.61. The summed E-state index contributed by atoms with van der Waals surface area (Å²) in [5.41, 5.74) is 1.81. The molecule has 0 atom stereocenters. The molecule has 2 N–H and O–H groups in total. The van der Waals surface area contributed by atoms with Crippen LogP contribution in [0, 0.1) is 11.7 Å². The molecule has 4 nitrogen and oxygen atoms in total. The zero-order chi connectivity index (χ0) is 17.4. The van der Waals surface area contributed by atoms with Gasteiger partial charge in [0.25, 0.3) is 0 Å². The lowest BCUT2D eigenvalue weighted by Gasteiger charge is -2.11. The summed E-state index contributed by atoms with van der Waals surface area (Å²) in [5.74, 6) is 0.974. The van der Waals surface area contributed by atoms with Gasteiger partial charge in [-0.1, -0.05) is 38.1 Å². The maximum atomic E-state index is 12.8. The van der Waals surface area contributed by atoms with Gasteiger partial charge in [0.05, 0.1) is 6.61 Å². The van der Waals surface area contributed by atoms with Crippen LogP contribution in [-0.2, 0) is 13.1 Å². The van der Waals surface area contributed by atoms with Crippen molar-refractivity contribution in [1.29, 1.82) is 0 Å². The quantitative estimate of drug-likeness (QED) is 0.810. The van der Waals surface area contributed by atoms with E-state index in [1.54, 1.807) is 12.1 Å². The van der Waals surface area contributed by atoms with Crippen LogP contribution in [-0.4, -0.2) is 12.6 Å². The van der Waals surface area contributed by atoms with Crippen LogP contribution in [0.1, 0.15) is 25.0 Å². The Morgan fingerprint density at radius 2 is 1.71 bits per heavy atom. The predicted octanol–water partition coefficient (Wildman–Crippen LogP) is 3.86. The largest absolute Gasteiger partial charge is 0.493 e. The van der Waals surface area contributed by atoms with Gasteiger partial charge in [-0.05, 0) is 41.3 Å². The number of nitrogens with one attached hydrogen (secondary N) is 2. The van der Waals surface area contributed by atoms with Crippen molar-refractivity contribution in [2.75, 3.05) is 6.61 Å². The summed E-state index contributed by atoms with van der Waals surface area (Å²) in [5, 5.41) is 5.53. The highest BCUT2D eigenvalue weighted by atomic mass is 19.1. The van der Waals surface area contributed by atoms with Crippen LogP contribution >= 0.6 is 0 Å². The smallest absolute Gasteiger partial charge is 0.315 e. The van der Waals surface area contributed by atoms with Crippen molar-refractivity contribution in [3.8, 4) is 5.75 Å². The molecule has 0 radical (unpaired) electrons. The van der Waals surface area contributed by atoms with Gasteiger partial charge in [0.1, 0.15) is 11.6 Å². The lowest BCUT2D eigenvalue weighted by atomic mass is 10.2. The molecule has 0 aromatic heterocycles. The van der Waals surface area contributed by atoms with E-state index >= 15 is 0 Å². The van der Waals surface area contributed by atoms with Crippen molar-refractivity contribution < 1.29 is 13.9 Å². The van der Waals surface area contributed by atoms with Crippen LogP contribution in [0.4, 0.5) is 9.18 Å². The molecule has 24 heavy (non-hydrogen) atoms. The van der Waals surface area contributed by atoms with E-state index in [2.05, 4.69) is 24.5 Å². The molecule has 5 heteroatoms. The maximum absolute atomic E-state index is 12.8. The highest BCUT2D eigenvalue weighted by Crippen LogP contribution is 2.14. The fourth-order valence-corrected chi connectivity index (χ4v) is 2.04.